The molecule has 1 rings (SSSR count). The van der Waals surface area contributed by atoms with Crippen LogP contribution in [0.5, 0.6) is 5.75 Å². The SMILES string of the molecule is COc1cc(N)ccc1C(=O)NC(C)CCC(C)C. The zero-order chi connectivity index (χ0) is 14.4. The van der Waals surface area contributed by atoms with Crippen LogP contribution in [0.1, 0.15) is 44.0 Å². The number of carbonyl (C=O) groups excluding carboxylic acids is 1. The van der Waals surface area contributed by atoms with Crippen molar-refractivity contribution in [3.63, 3.8) is 0 Å². The quantitative estimate of drug-likeness (QED) is 0.776. The molecule has 0 heterocycles. The van der Waals surface area contributed by atoms with E-state index < -0.39 is 0 Å². The Morgan fingerprint density at radius 2 is 2.00 bits per heavy atom. The summed E-state index contributed by atoms with van der Waals surface area (Å²) in [7, 11) is 1.54. The molecule has 106 valence electrons. The summed E-state index contributed by atoms with van der Waals surface area (Å²) in [6, 6.07) is 5.21. The fourth-order valence-electron chi connectivity index (χ4n) is 1.85. The van der Waals surface area contributed by atoms with Gasteiger partial charge >= 0.3 is 0 Å². The van der Waals surface area contributed by atoms with Crippen LogP contribution in [0.4, 0.5) is 5.69 Å². The van der Waals surface area contributed by atoms with E-state index in [-0.39, 0.29) is 11.9 Å². The Labute approximate surface area is 115 Å². The van der Waals surface area contributed by atoms with Gasteiger partial charge in [-0.1, -0.05) is 13.8 Å². The van der Waals surface area contributed by atoms with Gasteiger partial charge in [-0.05, 0) is 37.8 Å². The second-order valence-electron chi connectivity index (χ2n) is 5.31. The Kier molecular flexibility index (Phi) is 5.67. The highest BCUT2D eigenvalue weighted by Gasteiger charge is 2.14. The Balaban J connectivity index is 2.67. The van der Waals surface area contributed by atoms with Crippen LogP contribution in [0.2, 0.25) is 0 Å². The predicted molar refractivity (Wildman–Crippen MR) is 78.4 cm³/mol. The van der Waals surface area contributed by atoms with Crippen molar-refractivity contribution in [2.24, 2.45) is 5.92 Å². The van der Waals surface area contributed by atoms with Crippen molar-refractivity contribution in [1.29, 1.82) is 0 Å². The molecule has 3 N–H and O–H groups in total. The first kappa shape index (κ1) is 15.3. The molecule has 1 unspecified atom stereocenters. The van der Waals surface area contributed by atoms with Crippen molar-refractivity contribution in [3.8, 4) is 5.75 Å². The number of hydrogen-bond acceptors (Lipinski definition) is 3. The van der Waals surface area contributed by atoms with Gasteiger partial charge in [0.15, 0.2) is 0 Å². The summed E-state index contributed by atoms with van der Waals surface area (Å²) in [5.41, 5.74) is 6.78. The van der Waals surface area contributed by atoms with Crippen molar-refractivity contribution >= 4 is 11.6 Å². The Bertz CT molecular complexity index is 430. The zero-order valence-corrected chi connectivity index (χ0v) is 12.2. The highest BCUT2D eigenvalue weighted by atomic mass is 16.5. The third-order valence-corrected chi connectivity index (χ3v) is 3.02. The molecule has 1 atom stereocenters. The van der Waals surface area contributed by atoms with E-state index in [1.165, 1.54) is 7.11 Å². The van der Waals surface area contributed by atoms with E-state index in [0.29, 0.717) is 22.9 Å². The molecular formula is C15H24N2O2. The van der Waals surface area contributed by atoms with Crippen molar-refractivity contribution in [2.75, 3.05) is 12.8 Å². The molecule has 0 aliphatic rings. The molecule has 0 radical (unpaired) electrons. The van der Waals surface area contributed by atoms with Crippen molar-refractivity contribution in [1.82, 2.24) is 5.32 Å². The zero-order valence-electron chi connectivity index (χ0n) is 12.2. The van der Waals surface area contributed by atoms with Crippen LogP contribution < -0.4 is 15.8 Å². The molecule has 1 aromatic carbocycles. The minimum Gasteiger partial charge on any atom is -0.496 e. The molecule has 1 amide bonds. The van der Waals surface area contributed by atoms with Crippen molar-refractivity contribution in [3.05, 3.63) is 23.8 Å². The van der Waals surface area contributed by atoms with Gasteiger partial charge in [0.25, 0.3) is 5.91 Å². The van der Waals surface area contributed by atoms with Crippen molar-refractivity contribution in [2.45, 2.75) is 39.7 Å². The number of nitrogens with two attached hydrogens (primary N) is 1. The van der Waals surface area contributed by atoms with Gasteiger partial charge < -0.3 is 15.8 Å². The Hall–Kier alpha value is -1.71. The second kappa shape index (κ2) is 7.02. The number of benzene rings is 1. The Morgan fingerprint density at radius 3 is 2.58 bits per heavy atom. The molecule has 4 nitrogen and oxygen atoms in total. The summed E-state index contributed by atoms with van der Waals surface area (Å²) in [6.07, 6.45) is 2.07. The molecule has 0 bridgehead atoms. The van der Waals surface area contributed by atoms with Gasteiger partial charge in [0.05, 0.1) is 12.7 Å². The lowest BCUT2D eigenvalue weighted by Gasteiger charge is -2.16. The van der Waals surface area contributed by atoms with Gasteiger partial charge in [0, 0.05) is 17.8 Å². The normalized spacial score (nSPS) is 12.3. The summed E-state index contributed by atoms with van der Waals surface area (Å²) in [4.78, 5) is 12.2. The maximum atomic E-state index is 12.2. The highest BCUT2D eigenvalue weighted by Crippen LogP contribution is 2.21. The van der Waals surface area contributed by atoms with Gasteiger partial charge in [-0.2, -0.15) is 0 Å². The van der Waals surface area contributed by atoms with E-state index in [1.54, 1.807) is 18.2 Å². The molecule has 0 aromatic heterocycles. The molecule has 0 spiro atoms. The van der Waals surface area contributed by atoms with E-state index in [2.05, 4.69) is 19.2 Å². The van der Waals surface area contributed by atoms with Crippen LogP contribution in [0.3, 0.4) is 0 Å². The minimum atomic E-state index is -0.117. The molecule has 0 saturated carbocycles. The van der Waals surface area contributed by atoms with Gasteiger partial charge in [-0.25, -0.2) is 0 Å². The maximum absolute atomic E-state index is 12.2. The molecule has 0 aliphatic carbocycles. The summed E-state index contributed by atoms with van der Waals surface area (Å²) in [5.74, 6) is 1.03. The first-order valence-corrected chi connectivity index (χ1v) is 6.68. The third-order valence-electron chi connectivity index (χ3n) is 3.02. The summed E-state index contributed by atoms with van der Waals surface area (Å²) in [6.45, 7) is 6.37. The monoisotopic (exact) mass is 264 g/mol. The average molecular weight is 264 g/mol. The maximum Gasteiger partial charge on any atom is 0.255 e. The smallest absolute Gasteiger partial charge is 0.255 e. The lowest BCUT2D eigenvalue weighted by molar-refractivity contribution is 0.0934. The first-order chi connectivity index (χ1) is 8.93. The molecular weight excluding hydrogens is 240 g/mol. The molecule has 0 fully saturated rings. The van der Waals surface area contributed by atoms with Crippen LogP contribution in [-0.2, 0) is 0 Å². The summed E-state index contributed by atoms with van der Waals surface area (Å²) in [5, 5.41) is 2.99. The van der Waals surface area contributed by atoms with Crippen LogP contribution in [0, 0.1) is 5.92 Å². The lowest BCUT2D eigenvalue weighted by atomic mass is 10.0. The number of rotatable bonds is 6. The number of nitrogens with one attached hydrogen (secondary N) is 1. The fourth-order valence-corrected chi connectivity index (χ4v) is 1.85. The van der Waals surface area contributed by atoms with Crippen LogP contribution in [0.15, 0.2) is 18.2 Å². The van der Waals surface area contributed by atoms with Crippen LogP contribution in [-0.4, -0.2) is 19.1 Å². The number of amides is 1. The third kappa shape index (κ3) is 4.81. The molecule has 0 aliphatic heterocycles. The lowest BCUT2D eigenvalue weighted by Crippen LogP contribution is -2.33. The number of ether oxygens (including phenoxy) is 1. The van der Waals surface area contributed by atoms with E-state index in [0.717, 1.165) is 12.8 Å². The van der Waals surface area contributed by atoms with E-state index in [1.807, 2.05) is 6.92 Å². The molecule has 19 heavy (non-hydrogen) atoms. The molecule has 0 saturated heterocycles. The van der Waals surface area contributed by atoms with Gasteiger partial charge in [0.2, 0.25) is 0 Å². The van der Waals surface area contributed by atoms with Gasteiger partial charge in [0.1, 0.15) is 5.75 Å². The Morgan fingerprint density at radius 1 is 1.32 bits per heavy atom. The number of nitrogen functional groups attached to an aromatic ring is 1. The number of anilines is 1. The highest BCUT2D eigenvalue weighted by molar-refractivity contribution is 5.97. The largest absolute Gasteiger partial charge is 0.496 e. The van der Waals surface area contributed by atoms with Crippen molar-refractivity contribution < 1.29 is 9.53 Å². The summed E-state index contributed by atoms with van der Waals surface area (Å²) >= 11 is 0. The minimum absolute atomic E-state index is 0.117. The van der Waals surface area contributed by atoms with Gasteiger partial charge in [-0.3, -0.25) is 4.79 Å². The second-order valence-corrected chi connectivity index (χ2v) is 5.31. The molecule has 1 aromatic rings. The first-order valence-electron chi connectivity index (χ1n) is 6.68. The summed E-state index contributed by atoms with van der Waals surface area (Å²) < 4.78 is 5.19. The standard InChI is InChI=1S/C15H24N2O2/c1-10(2)5-6-11(3)17-15(18)13-8-7-12(16)9-14(13)19-4/h7-11H,5-6,16H2,1-4H3,(H,17,18). The fraction of sp³-hybridized carbons (Fsp3) is 0.533. The van der Waals surface area contributed by atoms with E-state index >= 15 is 0 Å². The van der Waals surface area contributed by atoms with E-state index in [9.17, 15) is 4.79 Å². The topological polar surface area (TPSA) is 64.3 Å². The number of hydrogen-bond donors (Lipinski definition) is 2. The van der Waals surface area contributed by atoms with E-state index in [4.69, 9.17) is 10.5 Å². The molecule has 4 heteroatoms. The van der Waals surface area contributed by atoms with Crippen LogP contribution >= 0.6 is 0 Å². The average Bonchev–Trinajstić information content (AvgIpc) is 2.35. The van der Waals surface area contributed by atoms with Crippen LogP contribution in [0.25, 0.3) is 0 Å². The number of carbonyl (C=O) groups is 1. The number of methoxy groups -OCH3 is 1. The predicted octanol–water partition coefficient (Wildman–Crippen LogP) is 2.83. The van der Waals surface area contributed by atoms with Gasteiger partial charge in [-0.15, -0.1) is 0 Å².